The summed E-state index contributed by atoms with van der Waals surface area (Å²) in [4.78, 5) is 33.8. The van der Waals surface area contributed by atoms with Crippen LogP contribution >= 0.6 is 0 Å². The SMILES string of the molecule is CCCCCCCC(=O)OC1=CC(=O)C=CC1=O. The molecule has 1 aliphatic carbocycles. The normalized spacial score (nSPS) is 14.6. The molecule has 4 nitrogen and oxygen atoms in total. The Morgan fingerprint density at radius 1 is 1.11 bits per heavy atom. The highest BCUT2D eigenvalue weighted by atomic mass is 16.5. The molecule has 0 amide bonds. The number of unbranched alkanes of at least 4 members (excludes halogenated alkanes) is 4. The van der Waals surface area contributed by atoms with Gasteiger partial charge in [-0.2, -0.15) is 0 Å². The van der Waals surface area contributed by atoms with E-state index in [1.807, 2.05) is 0 Å². The maximum Gasteiger partial charge on any atom is 0.311 e. The Morgan fingerprint density at radius 3 is 2.56 bits per heavy atom. The van der Waals surface area contributed by atoms with Gasteiger partial charge in [0, 0.05) is 12.5 Å². The molecule has 1 rings (SSSR count). The van der Waals surface area contributed by atoms with Gasteiger partial charge in [-0.3, -0.25) is 14.4 Å². The molecule has 0 unspecified atom stereocenters. The molecule has 0 bridgehead atoms. The van der Waals surface area contributed by atoms with E-state index in [2.05, 4.69) is 6.92 Å². The summed E-state index contributed by atoms with van der Waals surface area (Å²) in [5.41, 5.74) is 0. The minimum Gasteiger partial charge on any atom is -0.422 e. The van der Waals surface area contributed by atoms with E-state index in [-0.39, 0.29) is 18.0 Å². The van der Waals surface area contributed by atoms with Gasteiger partial charge in [-0.05, 0) is 18.6 Å². The third-order valence-electron chi connectivity index (χ3n) is 2.62. The molecule has 0 spiro atoms. The second-order valence-corrected chi connectivity index (χ2v) is 4.25. The van der Waals surface area contributed by atoms with Gasteiger partial charge in [0.2, 0.25) is 5.78 Å². The average molecular weight is 250 g/mol. The summed E-state index contributed by atoms with van der Waals surface area (Å²) < 4.78 is 4.88. The fourth-order valence-electron chi connectivity index (χ4n) is 1.61. The second kappa shape index (κ2) is 7.58. The molecule has 4 heteroatoms. The minimum absolute atomic E-state index is 0.166. The average Bonchev–Trinajstić information content (AvgIpc) is 2.33. The molecule has 1 aliphatic rings. The predicted octanol–water partition coefficient (Wildman–Crippen LogP) is 2.48. The lowest BCUT2D eigenvalue weighted by molar-refractivity contribution is -0.142. The van der Waals surface area contributed by atoms with Gasteiger partial charge in [0.05, 0.1) is 0 Å². The van der Waals surface area contributed by atoms with Crippen LogP contribution in [-0.2, 0) is 19.1 Å². The van der Waals surface area contributed by atoms with Gasteiger partial charge in [0.25, 0.3) is 0 Å². The number of rotatable bonds is 7. The van der Waals surface area contributed by atoms with Crippen molar-refractivity contribution in [3.05, 3.63) is 24.0 Å². The molecule has 0 aromatic heterocycles. The molecule has 18 heavy (non-hydrogen) atoms. The summed E-state index contributed by atoms with van der Waals surface area (Å²) in [7, 11) is 0. The fourth-order valence-corrected chi connectivity index (χ4v) is 1.61. The van der Waals surface area contributed by atoms with Crippen LogP contribution in [0.25, 0.3) is 0 Å². The smallest absolute Gasteiger partial charge is 0.311 e. The van der Waals surface area contributed by atoms with Crippen LogP contribution in [-0.4, -0.2) is 17.5 Å². The molecule has 0 aromatic rings. The van der Waals surface area contributed by atoms with Gasteiger partial charge >= 0.3 is 5.97 Å². The molecule has 0 fully saturated rings. The Hall–Kier alpha value is -1.71. The zero-order valence-electron chi connectivity index (χ0n) is 10.6. The lowest BCUT2D eigenvalue weighted by Gasteiger charge is -2.07. The van der Waals surface area contributed by atoms with Crippen molar-refractivity contribution in [2.45, 2.75) is 45.4 Å². The van der Waals surface area contributed by atoms with Crippen LogP contribution in [0.15, 0.2) is 24.0 Å². The first-order valence-electron chi connectivity index (χ1n) is 6.32. The van der Waals surface area contributed by atoms with Gasteiger partial charge in [-0.15, -0.1) is 0 Å². The Labute approximate surface area is 107 Å². The van der Waals surface area contributed by atoms with Crippen molar-refractivity contribution in [3.8, 4) is 0 Å². The molecular weight excluding hydrogens is 232 g/mol. The van der Waals surface area contributed by atoms with Gasteiger partial charge in [0.15, 0.2) is 11.5 Å². The van der Waals surface area contributed by atoms with E-state index in [0.717, 1.165) is 50.3 Å². The monoisotopic (exact) mass is 250 g/mol. The Kier molecular flexibility index (Phi) is 6.05. The third kappa shape index (κ3) is 5.08. The zero-order chi connectivity index (χ0) is 13.4. The molecule has 98 valence electrons. The molecule has 0 aromatic carbocycles. The Bertz CT molecular complexity index is 391. The number of carbonyl (C=O) groups is 3. The van der Waals surface area contributed by atoms with Crippen LogP contribution in [0.4, 0.5) is 0 Å². The van der Waals surface area contributed by atoms with E-state index >= 15 is 0 Å². The van der Waals surface area contributed by atoms with Gasteiger partial charge in [-0.1, -0.05) is 32.6 Å². The zero-order valence-corrected chi connectivity index (χ0v) is 10.6. The molecule has 0 atom stereocenters. The van der Waals surface area contributed by atoms with Crippen LogP contribution in [0.1, 0.15) is 45.4 Å². The van der Waals surface area contributed by atoms with E-state index in [4.69, 9.17) is 4.74 Å². The van der Waals surface area contributed by atoms with Gasteiger partial charge in [0.1, 0.15) is 0 Å². The van der Waals surface area contributed by atoms with E-state index < -0.39 is 11.8 Å². The summed E-state index contributed by atoms with van der Waals surface area (Å²) in [5, 5.41) is 0. The van der Waals surface area contributed by atoms with E-state index in [1.54, 1.807) is 0 Å². The largest absolute Gasteiger partial charge is 0.422 e. The lowest BCUT2D eigenvalue weighted by atomic mass is 10.1. The summed E-state index contributed by atoms with van der Waals surface area (Å²) in [6, 6.07) is 0. The van der Waals surface area contributed by atoms with Crippen molar-refractivity contribution in [1.29, 1.82) is 0 Å². The van der Waals surface area contributed by atoms with Crippen molar-refractivity contribution < 1.29 is 19.1 Å². The van der Waals surface area contributed by atoms with Gasteiger partial charge in [-0.25, -0.2) is 0 Å². The third-order valence-corrected chi connectivity index (χ3v) is 2.62. The van der Waals surface area contributed by atoms with Crippen molar-refractivity contribution in [2.75, 3.05) is 0 Å². The lowest BCUT2D eigenvalue weighted by Crippen LogP contribution is -2.14. The van der Waals surface area contributed by atoms with E-state index in [9.17, 15) is 14.4 Å². The number of ether oxygens (including phenoxy) is 1. The van der Waals surface area contributed by atoms with Crippen molar-refractivity contribution in [2.24, 2.45) is 0 Å². The highest BCUT2D eigenvalue weighted by Gasteiger charge is 2.17. The van der Waals surface area contributed by atoms with Gasteiger partial charge < -0.3 is 4.74 Å². The summed E-state index contributed by atoms with van der Waals surface area (Å²) in [6.45, 7) is 2.12. The Balaban J connectivity index is 2.28. The molecule has 0 saturated carbocycles. The maximum absolute atomic E-state index is 11.4. The first-order valence-corrected chi connectivity index (χ1v) is 6.32. The number of hydrogen-bond donors (Lipinski definition) is 0. The predicted molar refractivity (Wildman–Crippen MR) is 66.7 cm³/mol. The topological polar surface area (TPSA) is 60.4 Å². The fraction of sp³-hybridized carbons (Fsp3) is 0.500. The highest BCUT2D eigenvalue weighted by Crippen LogP contribution is 2.11. The van der Waals surface area contributed by atoms with Crippen LogP contribution in [0, 0.1) is 0 Å². The van der Waals surface area contributed by atoms with Crippen molar-refractivity contribution in [3.63, 3.8) is 0 Å². The molecule has 0 saturated heterocycles. The number of esters is 1. The molecule has 0 N–H and O–H groups in total. The van der Waals surface area contributed by atoms with Crippen molar-refractivity contribution in [1.82, 2.24) is 0 Å². The quantitative estimate of drug-likeness (QED) is 0.395. The summed E-state index contributed by atoms with van der Waals surface area (Å²) >= 11 is 0. The highest BCUT2D eigenvalue weighted by molar-refractivity contribution is 6.16. The van der Waals surface area contributed by atoms with Crippen molar-refractivity contribution >= 4 is 17.5 Å². The Morgan fingerprint density at radius 2 is 1.83 bits per heavy atom. The molecular formula is C14H18O4. The van der Waals surface area contributed by atoms with Crippen LogP contribution in [0.3, 0.4) is 0 Å². The number of hydrogen-bond acceptors (Lipinski definition) is 4. The number of ketones is 2. The van der Waals surface area contributed by atoms with Crippen LogP contribution in [0.5, 0.6) is 0 Å². The molecule has 0 radical (unpaired) electrons. The first-order chi connectivity index (χ1) is 8.63. The van der Waals surface area contributed by atoms with Crippen LogP contribution < -0.4 is 0 Å². The number of allylic oxidation sites excluding steroid dienone is 3. The van der Waals surface area contributed by atoms with E-state index in [0.29, 0.717) is 0 Å². The maximum atomic E-state index is 11.4. The number of carbonyl (C=O) groups excluding carboxylic acids is 3. The van der Waals surface area contributed by atoms with Crippen LogP contribution in [0.2, 0.25) is 0 Å². The standard InChI is InChI=1S/C14H18O4/c1-2-3-4-5-6-7-14(17)18-13-10-11(15)8-9-12(13)16/h8-10H,2-7H2,1H3. The first kappa shape index (κ1) is 14.4. The minimum atomic E-state index is -0.450. The van der Waals surface area contributed by atoms with E-state index in [1.165, 1.54) is 0 Å². The molecule has 0 aliphatic heterocycles. The summed E-state index contributed by atoms with van der Waals surface area (Å²) in [5.74, 6) is -1.38. The molecule has 0 heterocycles. The second-order valence-electron chi connectivity index (χ2n) is 4.25. The summed E-state index contributed by atoms with van der Waals surface area (Å²) in [6.07, 6.45) is 8.77.